The Morgan fingerprint density at radius 3 is 2.62 bits per heavy atom. The molecule has 0 aromatic carbocycles. The molecular formula is C21H24N2O3. The van der Waals surface area contributed by atoms with Crippen LogP contribution in [0, 0.1) is 0 Å². The fraction of sp³-hybridized carbons (Fsp3) is 0.190. The highest BCUT2D eigenvalue weighted by molar-refractivity contribution is 6.36. The maximum Gasteiger partial charge on any atom is 0.350 e. The Bertz CT molecular complexity index is 803. The zero-order valence-corrected chi connectivity index (χ0v) is 15.3. The number of carbonyl (C=O) groups is 1. The molecule has 0 saturated carbocycles. The topological polar surface area (TPSA) is 75.7 Å². The van der Waals surface area contributed by atoms with Crippen molar-refractivity contribution < 1.29 is 14.3 Å². The van der Waals surface area contributed by atoms with Gasteiger partial charge in [-0.2, -0.15) is 9.98 Å². The van der Waals surface area contributed by atoms with Crippen LogP contribution >= 0.6 is 0 Å². The van der Waals surface area contributed by atoms with Gasteiger partial charge in [0.1, 0.15) is 17.7 Å². The molecule has 1 N–H and O–H groups in total. The number of allylic oxidation sites excluding steroid dienone is 11. The Morgan fingerprint density at radius 2 is 2.04 bits per heavy atom. The molecule has 1 aromatic heterocycles. The highest BCUT2D eigenvalue weighted by Gasteiger charge is 2.14. The molecule has 0 spiro atoms. The number of carboxylic acids is 1. The van der Waals surface area contributed by atoms with Crippen molar-refractivity contribution in [2.45, 2.75) is 27.2 Å². The number of hydrogen-bond donors (Lipinski definition) is 1. The van der Waals surface area contributed by atoms with E-state index in [1.54, 1.807) is 18.2 Å². The van der Waals surface area contributed by atoms with Crippen molar-refractivity contribution in [3.8, 4) is 0 Å². The summed E-state index contributed by atoms with van der Waals surface area (Å²) in [6.07, 6.45) is 18.1. The molecule has 1 rings (SSSR count). The van der Waals surface area contributed by atoms with Crippen LogP contribution in [0.4, 0.5) is 6.01 Å². The standard InChI is InChI=1S/C21H24N2O3/c1-5-9-12-16(8-4)14-18(20(24)25)22-21-23-19(15-26-21)17(11-7-3)13-10-6-2/h5-13,15H,1,14H2,2-4H3,(H,24,25)/b10-6-,11-7-,12-9-,16-8+,17-13+,22-18+. The highest BCUT2D eigenvalue weighted by Crippen LogP contribution is 2.21. The van der Waals surface area contributed by atoms with Crippen molar-refractivity contribution >= 4 is 23.3 Å². The van der Waals surface area contributed by atoms with Crippen molar-refractivity contribution in [2.75, 3.05) is 0 Å². The molecule has 0 unspecified atom stereocenters. The van der Waals surface area contributed by atoms with Gasteiger partial charge in [-0.15, -0.1) is 0 Å². The van der Waals surface area contributed by atoms with E-state index < -0.39 is 5.97 Å². The number of aromatic nitrogens is 1. The van der Waals surface area contributed by atoms with E-state index in [1.807, 2.05) is 57.2 Å². The number of hydrogen-bond acceptors (Lipinski definition) is 4. The Hall–Kier alpha value is -3.21. The largest absolute Gasteiger partial charge is 0.477 e. The van der Waals surface area contributed by atoms with E-state index >= 15 is 0 Å². The maximum atomic E-state index is 11.5. The highest BCUT2D eigenvalue weighted by atomic mass is 16.4. The predicted molar refractivity (Wildman–Crippen MR) is 107 cm³/mol. The lowest BCUT2D eigenvalue weighted by atomic mass is 10.1. The molecule has 0 amide bonds. The lowest BCUT2D eigenvalue weighted by Crippen LogP contribution is -2.13. The minimum Gasteiger partial charge on any atom is -0.477 e. The maximum absolute atomic E-state index is 11.5. The number of oxazole rings is 1. The molecule has 0 bridgehead atoms. The molecule has 26 heavy (non-hydrogen) atoms. The SMILES string of the molecule is C=C/C=C\C(=C/C)C/C(=N\c1nc(C(/C=C\C)=C/C=C\C)co1)C(=O)O. The first-order valence-corrected chi connectivity index (χ1v) is 8.22. The normalized spacial score (nSPS) is 14.0. The predicted octanol–water partition coefficient (Wildman–Crippen LogP) is 5.45. The van der Waals surface area contributed by atoms with Crippen LogP contribution in [0.15, 0.2) is 82.5 Å². The van der Waals surface area contributed by atoms with E-state index in [4.69, 9.17) is 4.42 Å². The molecule has 0 fully saturated rings. The van der Waals surface area contributed by atoms with Crippen LogP contribution in [0.25, 0.3) is 5.57 Å². The molecule has 5 heteroatoms. The van der Waals surface area contributed by atoms with E-state index in [0.717, 1.165) is 11.1 Å². The van der Waals surface area contributed by atoms with Gasteiger partial charge in [0, 0.05) is 12.0 Å². The van der Waals surface area contributed by atoms with Crippen LogP contribution < -0.4 is 0 Å². The second-order valence-electron chi connectivity index (χ2n) is 5.16. The molecule has 5 nitrogen and oxygen atoms in total. The monoisotopic (exact) mass is 352 g/mol. The van der Waals surface area contributed by atoms with Gasteiger partial charge in [-0.05, 0) is 26.3 Å². The van der Waals surface area contributed by atoms with Crippen LogP contribution in [-0.2, 0) is 4.79 Å². The number of rotatable bonds is 9. The van der Waals surface area contributed by atoms with Gasteiger partial charge in [-0.1, -0.05) is 61.3 Å². The van der Waals surface area contributed by atoms with E-state index in [1.165, 1.54) is 6.26 Å². The van der Waals surface area contributed by atoms with Crippen molar-refractivity contribution in [3.63, 3.8) is 0 Å². The average Bonchev–Trinajstić information content (AvgIpc) is 3.09. The van der Waals surface area contributed by atoms with Gasteiger partial charge >= 0.3 is 12.0 Å². The van der Waals surface area contributed by atoms with Crippen LogP contribution in [0.2, 0.25) is 0 Å². The quantitative estimate of drug-likeness (QED) is 0.474. The molecule has 0 aliphatic rings. The van der Waals surface area contributed by atoms with E-state index in [2.05, 4.69) is 16.6 Å². The van der Waals surface area contributed by atoms with Crippen molar-refractivity contribution in [1.29, 1.82) is 0 Å². The summed E-state index contributed by atoms with van der Waals surface area (Å²) in [5.41, 5.74) is 2.18. The third-order valence-electron chi connectivity index (χ3n) is 3.27. The Kier molecular flexibility index (Phi) is 9.10. The third-order valence-corrected chi connectivity index (χ3v) is 3.27. The van der Waals surface area contributed by atoms with E-state index in [0.29, 0.717) is 5.69 Å². The molecule has 1 aromatic rings. The van der Waals surface area contributed by atoms with Gasteiger partial charge in [0.15, 0.2) is 0 Å². The summed E-state index contributed by atoms with van der Waals surface area (Å²) in [7, 11) is 0. The number of carboxylic acid groups (broad SMARTS) is 1. The zero-order valence-electron chi connectivity index (χ0n) is 15.3. The van der Waals surface area contributed by atoms with Crippen LogP contribution in [0.5, 0.6) is 0 Å². The second-order valence-corrected chi connectivity index (χ2v) is 5.16. The summed E-state index contributed by atoms with van der Waals surface area (Å²) < 4.78 is 5.33. The smallest absolute Gasteiger partial charge is 0.350 e. The first-order valence-electron chi connectivity index (χ1n) is 8.22. The van der Waals surface area contributed by atoms with Gasteiger partial charge in [0.2, 0.25) is 0 Å². The van der Waals surface area contributed by atoms with Crippen molar-refractivity contribution in [1.82, 2.24) is 4.98 Å². The first-order chi connectivity index (χ1) is 12.5. The van der Waals surface area contributed by atoms with Crippen molar-refractivity contribution in [3.05, 3.63) is 78.8 Å². The van der Waals surface area contributed by atoms with Crippen LogP contribution in [-0.4, -0.2) is 21.8 Å². The van der Waals surface area contributed by atoms with Gasteiger partial charge in [-0.3, -0.25) is 0 Å². The molecule has 0 aliphatic carbocycles. The second kappa shape index (κ2) is 11.4. The summed E-state index contributed by atoms with van der Waals surface area (Å²) in [5.74, 6) is -1.12. The minimum absolute atomic E-state index is 0.0106. The minimum atomic E-state index is -1.12. The number of nitrogens with zero attached hydrogens (tertiary/aromatic N) is 2. The van der Waals surface area contributed by atoms with Crippen LogP contribution in [0.3, 0.4) is 0 Å². The molecular weight excluding hydrogens is 328 g/mol. The average molecular weight is 352 g/mol. The molecule has 0 radical (unpaired) electrons. The summed E-state index contributed by atoms with van der Waals surface area (Å²) in [6, 6.07) is 0.0106. The summed E-state index contributed by atoms with van der Waals surface area (Å²) in [6.45, 7) is 9.26. The number of aliphatic carboxylic acids is 1. The van der Waals surface area contributed by atoms with E-state index in [9.17, 15) is 9.90 Å². The van der Waals surface area contributed by atoms with Crippen molar-refractivity contribution in [2.24, 2.45) is 4.99 Å². The number of aliphatic imine (C=N–C) groups is 1. The summed E-state index contributed by atoms with van der Waals surface area (Å²) in [4.78, 5) is 19.9. The fourth-order valence-corrected chi connectivity index (χ4v) is 1.97. The Labute approximate surface area is 154 Å². The van der Waals surface area contributed by atoms with E-state index in [-0.39, 0.29) is 18.1 Å². The first kappa shape index (κ1) is 20.8. The summed E-state index contributed by atoms with van der Waals surface area (Å²) >= 11 is 0. The lowest BCUT2D eigenvalue weighted by Gasteiger charge is -2.01. The van der Waals surface area contributed by atoms with Gasteiger partial charge < -0.3 is 9.52 Å². The van der Waals surface area contributed by atoms with Crippen LogP contribution in [0.1, 0.15) is 32.9 Å². The Balaban J connectivity index is 3.16. The lowest BCUT2D eigenvalue weighted by molar-refractivity contribution is -0.129. The fourth-order valence-electron chi connectivity index (χ4n) is 1.97. The van der Waals surface area contributed by atoms with Gasteiger partial charge in [0.25, 0.3) is 0 Å². The molecule has 136 valence electrons. The molecule has 0 saturated heterocycles. The molecule has 0 atom stereocenters. The third kappa shape index (κ3) is 6.73. The van der Waals surface area contributed by atoms with Gasteiger partial charge in [0.05, 0.1) is 0 Å². The zero-order chi connectivity index (χ0) is 19.4. The Morgan fingerprint density at radius 1 is 1.27 bits per heavy atom. The molecule has 1 heterocycles. The van der Waals surface area contributed by atoms with Gasteiger partial charge in [-0.25, -0.2) is 4.79 Å². The molecule has 0 aliphatic heterocycles. The summed E-state index contributed by atoms with van der Waals surface area (Å²) in [5, 5.41) is 9.42.